The van der Waals surface area contributed by atoms with Gasteiger partial charge in [-0.05, 0) is 30.9 Å². The van der Waals surface area contributed by atoms with Crippen LogP contribution < -0.4 is 5.32 Å². The summed E-state index contributed by atoms with van der Waals surface area (Å²) in [5, 5.41) is 11.7. The summed E-state index contributed by atoms with van der Waals surface area (Å²) in [5.74, 6) is -1.43. The summed E-state index contributed by atoms with van der Waals surface area (Å²) in [4.78, 5) is 24.9. The van der Waals surface area contributed by atoms with Gasteiger partial charge in [0.1, 0.15) is 6.04 Å². The number of hydrogen-bond acceptors (Lipinski definition) is 3. The second-order valence-electron chi connectivity index (χ2n) is 4.98. The van der Waals surface area contributed by atoms with Gasteiger partial charge in [-0.25, -0.2) is 4.79 Å². The van der Waals surface area contributed by atoms with Crippen molar-refractivity contribution in [2.45, 2.75) is 46.6 Å². The largest absolute Gasteiger partial charge is 0.480 e. The molecule has 106 valence electrons. The van der Waals surface area contributed by atoms with E-state index in [0.717, 1.165) is 17.7 Å². The Kier molecular flexibility index (Phi) is 5.54. The number of carbonyl (C=O) groups excluding carboxylic acids is 1. The first-order chi connectivity index (χ1) is 8.86. The Morgan fingerprint density at radius 1 is 1.42 bits per heavy atom. The van der Waals surface area contributed by atoms with Gasteiger partial charge in [-0.3, -0.25) is 4.79 Å². The summed E-state index contributed by atoms with van der Waals surface area (Å²) >= 11 is 1.42. The van der Waals surface area contributed by atoms with E-state index in [1.807, 2.05) is 13.0 Å². The molecule has 0 aliphatic heterocycles. The van der Waals surface area contributed by atoms with Crippen LogP contribution in [0.15, 0.2) is 6.07 Å². The topological polar surface area (TPSA) is 66.4 Å². The number of aliphatic carboxylic acids is 1. The van der Waals surface area contributed by atoms with Crippen LogP contribution in [0.5, 0.6) is 0 Å². The normalized spacial score (nSPS) is 12.5. The summed E-state index contributed by atoms with van der Waals surface area (Å²) in [5.41, 5.74) is 1.18. The third kappa shape index (κ3) is 4.06. The van der Waals surface area contributed by atoms with Gasteiger partial charge < -0.3 is 10.4 Å². The number of nitrogens with one attached hydrogen (secondary N) is 1. The summed E-state index contributed by atoms with van der Waals surface area (Å²) in [6, 6.07) is 1.03. The Labute approximate surface area is 117 Å². The first-order valence-corrected chi connectivity index (χ1v) is 7.31. The molecule has 0 aromatic carbocycles. The van der Waals surface area contributed by atoms with Gasteiger partial charge in [-0.1, -0.05) is 27.2 Å². The number of hydrogen-bond donors (Lipinski definition) is 2. The highest BCUT2D eigenvalue weighted by molar-refractivity contribution is 7.14. The monoisotopic (exact) mass is 283 g/mol. The first kappa shape index (κ1) is 15.7. The van der Waals surface area contributed by atoms with Crippen LogP contribution in [-0.2, 0) is 11.2 Å². The summed E-state index contributed by atoms with van der Waals surface area (Å²) in [6.45, 7) is 7.64. The van der Waals surface area contributed by atoms with Gasteiger partial charge in [-0.15, -0.1) is 11.3 Å². The Bertz CT molecular complexity index is 465. The van der Waals surface area contributed by atoms with Gasteiger partial charge >= 0.3 is 5.97 Å². The van der Waals surface area contributed by atoms with Gasteiger partial charge in [0.15, 0.2) is 0 Å². The smallest absolute Gasteiger partial charge is 0.326 e. The van der Waals surface area contributed by atoms with Gasteiger partial charge in [0.25, 0.3) is 5.91 Å². The minimum Gasteiger partial charge on any atom is -0.480 e. The van der Waals surface area contributed by atoms with E-state index in [-0.39, 0.29) is 11.8 Å². The number of carboxylic acids is 1. The molecule has 2 N–H and O–H groups in total. The van der Waals surface area contributed by atoms with Crippen molar-refractivity contribution in [2.75, 3.05) is 0 Å². The van der Waals surface area contributed by atoms with Crippen LogP contribution in [0.2, 0.25) is 0 Å². The van der Waals surface area contributed by atoms with Gasteiger partial charge in [0.05, 0.1) is 4.88 Å². The molecule has 1 unspecified atom stereocenters. The molecule has 0 aliphatic rings. The Morgan fingerprint density at radius 3 is 2.53 bits per heavy atom. The second-order valence-corrected chi connectivity index (χ2v) is 6.23. The average Bonchev–Trinajstić information content (AvgIpc) is 2.67. The van der Waals surface area contributed by atoms with Crippen molar-refractivity contribution in [3.05, 3.63) is 21.4 Å². The van der Waals surface area contributed by atoms with E-state index < -0.39 is 12.0 Å². The molecule has 0 radical (unpaired) electrons. The molecule has 1 amide bonds. The van der Waals surface area contributed by atoms with Crippen molar-refractivity contribution >= 4 is 23.2 Å². The third-order valence-corrected chi connectivity index (χ3v) is 4.07. The summed E-state index contributed by atoms with van der Waals surface area (Å²) < 4.78 is 0. The molecule has 19 heavy (non-hydrogen) atoms. The number of aryl methyl sites for hydroxylation is 2. The fraction of sp³-hybridized carbons (Fsp3) is 0.571. The van der Waals surface area contributed by atoms with Crippen molar-refractivity contribution in [1.29, 1.82) is 0 Å². The predicted octanol–water partition coefficient (Wildman–Crippen LogP) is 2.85. The lowest BCUT2D eigenvalue weighted by Gasteiger charge is -2.17. The van der Waals surface area contributed by atoms with Crippen molar-refractivity contribution in [2.24, 2.45) is 5.92 Å². The molecular formula is C14H21NO3S. The van der Waals surface area contributed by atoms with E-state index >= 15 is 0 Å². The number of carbonyl (C=O) groups is 2. The zero-order chi connectivity index (χ0) is 14.6. The molecule has 1 atom stereocenters. The van der Waals surface area contributed by atoms with Crippen LogP contribution in [0.25, 0.3) is 0 Å². The average molecular weight is 283 g/mol. The molecular weight excluding hydrogens is 262 g/mol. The molecule has 1 aromatic heterocycles. The van der Waals surface area contributed by atoms with E-state index in [2.05, 4.69) is 12.2 Å². The maximum absolute atomic E-state index is 12.1. The Hall–Kier alpha value is -1.36. The highest BCUT2D eigenvalue weighted by atomic mass is 32.1. The number of rotatable bonds is 6. The first-order valence-electron chi connectivity index (χ1n) is 6.49. The van der Waals surface area contributed by atoms with E-state index in [9.17, 15) is 9.59 Å². The van der Waals surface area contributed by atoms with Crippen LogP contribution in [0, 0.1) is 12.8 Å². The number of amides is 1. The fourth-order valence-electron chi connectivity index (χ4n) is 1.88. The highest BCUT2D eigenvalue weighted by Crippen LogP contribution is 2.23. The van der Waals surface area contributed by atoms with Crippen LogP contribution in [-0.4, -0.2) is 23.0 Å². The summed E-state index contributed by atoms with van der Waals surface area (Å²) in [6.07, 6.45) is 1.98. The molecule has 5 heteroatoms. The Morgan fingerprint density at radius 2 is 2.05 bits per heavy atom. The predicted molar refractivity (Wildman–Crippen MR) is 76.8 cm³/mol. The van der Waals surface area contributed by atoms with E-state index in [4.69, 9.17) is 5.11 Å². The molecule has 1 rings (SSSR count). The molecule has 0 bridgehead atoms. The number of carboxylic acid groups (broad SMARTS) is 1. The van der Waals surface area contributed by atoms with E-state index in [1.54, 1.807) is 13.8 Å². The zero-order valence-corrected chi connectivity index (χ0v) is 12.6. The molecule has 0 aliphatic carbocycles. The van der Waals surface area contributed by atoms with Crippen molar-refractivity contribution < 1.29 is 14.7 Å². The maximum Gasteiger partial charge on any atom is 0.326 e. The third-order valence-electron chi connectivity index (χ3n) is 2.98. The lowest BCUT2D eigenvalue weighted by Crippen LogP contribution is -2.44. The lowest BCUT2D eigenvalue weighted by atomic mass is 10.0. The molecule has 1 aromatic rings. The maximum atomic E-state index is 12.1. The molecule has 0 spiro atoms. The SMILES string of the molecule is CCCc1cc(C(=O)NC(C(=O)O)C(C)C)sc1C. The molecule has 1 heterocycles. The van der Waals surface area contributed by atoms with Crippen molar-refractivity contribution in [1.82, 2.24) is 5.32 Å². The second kappa shape index (κ2) is 6.70. The standard InChI is InChI=1S/C14H21NO3S/c1-5-6-10-7-11(19-9(10)4)13(16)15-12(8(2)3)14(17)18/h7-8,12H,5-6H2,1-4H3,(H,15,16)(H,17,18). The molecule has 0 saturated heterocycles. The van der Waals surface area contributed by atoms with Crippen molar-refractivity contribution in [3.63, 3.8) is 0 Å². The fourth-order valence-corrected chi connectivity index (χ4v) is 2.85. The number of thiophene rings is 1. The van der Waals surface area contributed by atoms with Gasteiger partial charge in [0.2, 0.25) is 0 Å². The summed E-state index contributed by atoms with van der Waals surface area (Å²) in [7, 11) is 0. The van der Waals surface area contributed by atoms with Gasteiger partial charge in [0, 0.05) is 4.88 Å². The van der Waals surface area contributed by atoms with Gasteiger partial charge in [-0.2, -0.15) is 0 Å². The quantitative estimate of drug-likeness (QED) is 0.843. The van der Waals surface area contributed by atoms with Crippen LogP contribution in [0.4, 0.5) is 0 Å². The van der Waals surface area contributed by atoms with Crippen molar-refractivity contribution in [3.8, 4) is 0 Å². The molecule has 0 saturated carbocycles. The van der Waals surface area contributed by atoms with Crippen LogP contribution in [0.3, 0.4) is 0 Å². The minimum absolute atomic E-state index is 0.141. The van der Waals surface area contributed by atoms with E-state index in [0.29, 0.717) is 4.88 Å². The highest BCUT2D eigenvalue weighted by Gasteiger charge is 2.24. The molecule has 0 fully saturated rings. The lowest BCUT2D eigenvalue weighted by molar-refractivity contribution is -0.140. The zero-order valence-electron chi connectivity index (χ0n) is 11.8. The van der Waals surface area contributed by atoms with Crippen LogP contribution >= 0.6 is 11.3 Å². The minimum atomic E-state index is -0.995. The van der Waals surface area contributed by atoms with Crippen LogP contribution in [0.1, 0.15) is 47.3 Å². The van der Waals surface area contributed by atoms with E-state index in [1.165, 1.54) is 16.9 Å². The Balaban J connectivity index is 2.83. The molecule has 4 nitrogen and oxygen atoms in total.